The summed E-state index contributed by atoms with van der Waals surface area (Å²) < 4.78 is 16.6. The van der Waals surface area contributed by atoms with Crippen LogP contribution in [0.25, 0.3) is 0 Å². The molecule has 0 aromatic heterocycles. The summed E-state index contributed by atoms with van der Waals surface area (Å²) in [4.78, 5) is 13.9. The molecule has 27 heavy (non-hydrogen) atoms. The Morgan fingerprint density at radius 2 is 1.74 bits per heavy atom. The van der Waals surface area contributed by atoms with Crippen LogP contribution in [0.2, 0.25) is 0 Å². The lowest BCUT2D eigenvalue weighted by Gasteiger charge is -2.23. The van der Waals surface area contributed by atoms with Crippen molar-refractivity contribution >= 4 is 5.91 Å². The van der Waals surface area contributed by atoms with Gasteiger partial charge in [-0.05, 0) is 50.1 Å². The summed E-state index contributed by atoms with van der Waals surface area (Å²) in [6.07, 6.45) is 0.749. The third kappa shape index (κ3) is 5.91. The molecule has 2 rings (SSSR count). The first-order chi connectivity index (χ1) is 12.9. The number of amides is 1. The van der Waals surface area contributed by atoms with Gasteiger partial charge in [-0.25, -0.2) is 0 Å². The maximum absolute atomic E-state index is 12.1. The minimum Gasteiger partial charge on any atom is -0.497 e. The summed E-state index contributed by atoms with van der Waals surface area (Å²) in [6.45, 7) is 7.33. The van der Waals surface area contributed by atoms with E-state index in [1.807, 2.05) is 37.3 Å². The largest absolute Gasteiger partial charge is 0.497 e. The van der Waals surface area contributed by atoms with Crippen molar-refractivity contribution < 1.29 is 19.0 Å². The predicted molar refractivity (Wildman–Crippen MR) is 107 cm³/mol. The number of hydrogen-bond acceptors (Lipinski definition) is 4. The lowest BCUT2D eigenvalue weighted by atomic mass is 10.1. The number of hydrogen-bond donors (Lipinski definition) is 0. The Hall–Kier alpha value is -2.69. The van der Waals surface area contributed by atoms with Gasteiger partial charge in [0.2, 0.25) is 5.91 Å². The maximum Gasteiger partial charge on any atom is 0.219 e. The SMILES string of the molecule is COc1ccc(OC)c(CN(CCCOc2ccc(C)cc2C)C(C)=O)c1. The molecule has 0 N–H and O–H groups in total. The van der Waals surface area contributed by atoms with Gasteiger partial charge < -0.3 is 19.1 Å². The number of rotatable bonds is 9. The molecule has 0 bridgehead atoms. The molecule has 0 saturated heterocycles. The van der Waals surface area contributed by atoms with Crippen molar-refractivity contribution in [3.8, 4) is 17.2 Å². The van der Waals surface area contributed by atoms with Gasteiger partial charge in [-0.3, -0.25) is 4.79 Å². The molecule has 0 heterocycles. The summed E-state index contributed by atoms with van der Waals surface area (Å²) in [6, 6.07) is 11.7. The van der Waals surface area contributed by atoms with Gasteiger partial charge in [0.05, 0.1) is 20.8 Å². The molecule has 2 aromatic rings. The van der Waals surface area contributed by atoms with Crippen molar-refractivity contribution in [3.63, 3.8) is 0 Å². The summed E-state index contributed by atoms with van der Waals surface area (Å²) in [5, 5.41) is 0. The van der Waals surface area contributed by atoms with Crippen LogP contribution in [0, 0.1) is 13.8 Å². The lowest BCUT2D eigenvalue weighted by Crippen LogP contribution is -2.30. The van der Waals surface area contributed by atoms with Crippen molar-refractivity contribution in [2.45, 2.75) is 33.7 Å². The first kappa shape index (κ1) is 20.6. The second-order valence-corrected chi connectivity index (χ2v) is 6.59. The third-order valence-electron chi connectivity index (χ3n) is 4.45. The summed E-state index contributed by atoms with van der Waals surface area (Å²) in [5.41, 5.74) is 3.26. The van der Waals surface area contributed by atoms with E-state index in [1.54, 1.807) is 26.0 Å². The molecule has 5 heteroatoms. The van der Waals surface area contributed by atoms with E-state index >= 15 is 0 Å². The van der Waals surface area contributed by atoms with Gasteiger partial charge >= 0.3 is 0 Å². The highest BCUT2D eigenvalue weighted by atomic mass is 16.5. The Morgan fingerprint density at radius 1 is 1.00 bits per heavy atom. The van der Waals surface area contributed by atoms with E-state index in [1.165, 1.54) is 5.56 Å². The Morgan fingerprint density at radius 3 is 2.37 bits per heavy atom. The van der Waals surface area contributed by atoms with E-state index in [0.29, 0.717) is 19.7 Å². The zero-order valence-electron chi connectivity index (χ0n) is 16.9. The molecule has 0 atom stereocenters. The average Bonchev–Trinajstić information content (AvgIpc) is 2.65. The number of nitrogens with zero attached hydrogens (tertiary/aromatic N) is 1. The monoisotopic (exact) mass is 371 g/mol. The van der Waals surface area contributed by atoms with Crippen LogP contribution in [0.5, 0.6) is 17.2 Å². The van der Waals surface area contributed by atoms with Crippen molar-refractivity contribution in [1.29, 1.82) is 0 Å². The van der Waals surface area contributed by atoms with Gasteiger partial charge in [-0.2, -0.15) is 0 Å². The number of methoxy groups -OCH3 is 2. The molecule has 0 aliphatic rings. The fraction of sp³-hybridized carbons (Fsp3) is 0.409. The van der Waals surface area contributed by atoms with Crippen LogP contribution in [0.15, 0.2) is 36.4 Å². The van der Waals surface area contributed by atoms with Crippen LogP contribution in [-0.4, -0.2) is 38.2 Å². The van der Waals surface area contributed by atoms with Crippen LogP contribution in [-0.2, 0) is 11.3 Å². The molecule has 146 valence electrons. The zero-order valence-corrected chi connectivity index (χ0v) is 16.9. The van der Waals surface area contributed by atoms with Gasteiger partial charge in [0.25, 0.3) is 0 Å². The molecule has 0 spiro atoms. The Kier molecular flexibility index (Phi) is 7.53. The summed E-state index contributed by atoms with van der Waals surface area (Å²) in [5.74, 6) is 2.40. The fourth-order valence-electron chi connectivity index (χ4n) is 2.96. The number of carbonyl (C=O) groups excluding carboxylic acids is 1. The first-order valence-electron chi connectivity index (χ1n) is 9.11. The standard InChI is InChI=1S/C22H29NO4/c1-16-7-9-21(17(2)13-16)27-12-6-11-23(18(3)24)15-19-14-20(25-4)8-10-22(19)26-5/h7-10,13-14H,6,11-12,15H2,1-5H3. The van der Waals surface area contributed by atoms with Gasteiger partial charge in [-0.1, -0.05) is 17.7 Å². The van der Waals surface area contributed by atoms with E-state index in [4.69, 9.17) is 14.2 Å². The Bertz CT molecular complexity index is 773. The van der Waals surface area contributed by atoms with Crippen LogP contribution >= 0.6 is 0 Å². The van der Waals surface area contributed by atoms with E-state index < -0.39 is 0 Å². The molecule has 2 aromatic carbocycles. The van der Waals surface area contributed by atoms with Crippen LogP contribution in [0.4, 0.5) is 0 Å². The van der Waals surface area contributed by atoms with E-state index in [9.17, 15) is 4.79 Å². The highest BCUT2D eigenvalue weighted by Gasteiger charge is 2.13. The van der Waals surface area contributed by atoms with Gasteiger partial charge in [0.1, 0.15) is 17.2 Å². The minimum atomic E-state index is 0.0198. The third-order valence-corrected chi connectivity index (χ3v) is 4.45. The molecule has 0 aliphatic heterocycles. The molecular formula is C22H29NO4. The Labute approximate surface area is 161 Å². The molecular weight excluding hydrogens is 342 g/mol. The molecule has 0 fully saturated rings. The van der Waals surface area contributed by atoms with Crippen molar-refractivity contribution in [1.82, 2.24) is 4.90 Å². The highest BCUT2D eigenvalue weighted by Crippen LogP contribution is 2.25. The molecule has 0 saturated carbocycles. The quantitative estimate of drug-likeness (QED) is 0.622. The van der Waals surface area contributed by atoms with E-state index in [0.717, 1.165) is 34.8 Å². The van der Waals surface area contributed by atoms with E-state index in [2.05, 4.69) is 13.0 Å². The summed E-state index contributed by atoms with van der Waals surface area (Å²) in [7, 11) is 3.25. The fourth-order valence-corrected chi connectivity index (χ4v) is 2.96. The smallest absolute Gasteiger partial charge is 0.219 e. The summed E-state index contributed by atoms with van der Waals surface area (Å²) >= 11 is 0. The van der Waals surface area contributed by atoms with Crippen molar-refractivity contribution in [2.75, 3.05) is 27.4 Å². The molecule has 1 amide bonds. The second kappa shape index (κ2) is 9.86. The average molecular weight is 371 g/mol. The van der Waals surface area contributed by atoms with Crippen LogP contribution in [0.1, 0.15) is 30.0 Å². The Balaban J connectivity index is 1.95. The number of aryl methyl sites for hydroxylation is 2. The minimum absolute atomic E-state index is 0.0198. The molecule has 0 aliphatic carbocycles. The number of carbonyl (C=O) groups is 1. The van der Waals surface area contributed by atoms with Gasteiger partial charge in [0, 0.05) is 25.6 Å². The highest BCUT2D eigenvalue weighted by molar-refractivity contribution is 5.73. The van der Waals surface area contributed by atoms with Crippen LogP contribution in [0.3, 0.4) is 0 Å². The second-order valence-electron chi connectivity index (χ2n) is 6.59. The van der Waals surface area contributed by atoms with Crippen molar-refractivity contribution in [3.05, 3.63) is 53.1 Å². The zero-order chi connectivity index (χ0) is 19.8. The normalized spacial score (nSPS) is 10.4. The maximum atomic E-state index is 12.1. The molecule has 0 unspecified atom stereocenters. The van der Waals surface area contributed by atoms with Gasteiger partial charge in [-0.15, -0.1) is 0 Å². The van der Waals surface area contributed by atoms with E-state index in [-0.39, 0.29) is 5.91 Å². The number of ether oxygens (including phenoxy) is 3. The number of benzene rings is 2. The molecule has 5 nitrogen and oxygen atoms in total. The van der Waals surface area contributed by atoms with Gasteiger partial charge in [0.15, 0.2) is 0 Å². The molecule has 0 radical (unpaired) electrons. The van der Waals surface area contributed by atoms with Crippen molar-refractivity contribution in [2.24, 2.45) is 0 Å². The first-order valence-corrected chi connectivity index (χ1v) is 9.11. The lowest BCUT2D eigenvalue weighted by molar-refractivity contribution is -0.129. The topological polar surface area (TPSA) is 48.0 Å². The predicted octanol–water partition coefficient (Wildman–Crippen LogP) is 4.14. The van der Waals surface area contributed by atoms with Crippen LogP contribution < -0.4 is 14.2 Å².